The van der Waals surface area contributed by atoms with E-state index in [0.29, 0.717) is 19.6 Å². The molecule has 180 valence electrons. The van der Waals surface area contributed by atoms with Crippen LogP contribution in [0.5, 0.6) is 0 Å². The van der Waals surface area contributed by atoms with Crippen molar-refractivity contribution in [1.29, 1.82) is 0 Å². The zero-order valence-corrected chi connectivity index (χ0v) is 20.2. The van der Waals surface area contributed by atoms with Gasteiger partial charge in [-0.2, -0.15) is 13.2 Å². The van der Waals surface area contributed by atoms with E-state index in [1.165, 1.54) is 0 Å². The second-order valence-corrected chi connectivity index (χ2v) is 10.9. The third-order valence-electron chi connectivity index (χ3n) is 5.95. The van der Waals surface area contributed by atoms with Gasteiger partial charge in [-0.1, -0.05) is 0 Å². The standard InChI is InChI=1S/C24H46F3NO2/c1-22(2,3)28-14-12-20(13-15-28)19-21(24(25,26)27)11-10-17-29-16-8-7-9-18-30-23(4,5)6/h20-21H,7-19H2,1-6H3. The predicted octanol–water partition coefficient (Wildman–Crippen LogP) is 6.85. The van der Waals surface area contributed by atoms with Gasteiger partial charge < -0.3 is 9.47 Å². The van der Waals surface area contributed by atoms with Gasteiger partial charge in [0.15, 0.2) is 0 Å². The number of hydrogen-bond acceptors (Lipinski definition) is 3. The van der Waals surface area contributed by atoms with Gasteiger partial charge in [0.05, 0.1) is 11.5 Å². The van der Waals surface area contributed by atoms with Crippen molar-refractivity contribution in [2.45, 2.75) is 110 Å². The first-order chi connectivity index (χ1) is 13.8. The summed E-state index contributed by atoms with van der Waals surface area (Å²) in [5.74, 6) is -1.01. The van der Waals surface area contributed by atoms with E-state index in [1.54, 1.807) is 0 Å². The average Bonchev–Trinajstić information content (AvgIpc) is 2.60. The topological polar surface area (TPSA) is 21.7 Å². The van der Waals surface area contributed by atoms with Crippen molar-refractivity contribution in [1.82, 2.24) is 4.90 Å². The van der Waals surface area contributed by atoms with Crippen molar-refractivity contribution in [2.24, 2.45) is 11.8 Å². The minimum atomic E-state index is -4.10. The Morgan fingerprint density at radius 1 is 0.833 bits per heavy atom. The number of ether oxygens (including phenoxy) is 2. The summed E-state index contributed by atoms with van der Waals surface area (Å²) in [7, 11) is 0. The van der Waals surface area contributed by atoms with E-state index in [-0.39, 0.29) is 29.9 Å². The Hall–Kier alpha value is -0.330. The number of halogens is 3. The maximum absolute atomic E-state index is 13.5. The summed E-state index contributed by atoms with van der Waals surface area (Å²) in [6.45, 7) is 16.2. The van der Waals surface area contributed by atoms with Gasteiger partial charge >= 0.3 is 6.18 Å². The molecule has 1 aliphatic heterocycles. The van der Waals surface area contributed by atoms with Gasteiger partial charge in [0.2, 0.25) is 0 Å². The molecule has 6 heteroatoms. The molecular weight excluding hydrogens is 391 g/mol. The molecule has 0 saturated carbocycles. The van der Waals surface area contributed by atoms with Crippen LogP contribution in [0.2, 0.25) is 0 Å². The van der Waals surface area contributed by atoms with Crippen LogP contribution in [-0.4, -0.2) is 55.1 Å². The predicted molar refractivity (Wildman–Crippen MR) is 118 cm³/mol. The molecular formula is C24H46F3NO2. The van der Waals surface area contributed by atoms with Crippen molar-refractivity contribution < 1.29 is 22.6 Å². The van der Waals surface area contributed by atoms with Crippen molar-refractivity contribution in [2.75, 3.05) is 32.9 Å². The molecule has 1 heterocycles. The highest BCUT2D eigenvalue weighted by Crippen LogP contribution is 2.38. The van der Waals surface area contributed by atoms with Crippen LogP contribution in [0.15, 0.2) is 0 Å². The Morgan fingerprint density at radius 2 is 1.40 bits per heavy atom. The SMILES string of the molecule is CC(C)(C)OCCCCCOCCCC(CC1CCN(C(C)(C)C)CC1)C(F)(F)F. The van der Waals surface area contributed by atoms with E-state index >= 15 is 0 Å². The molecule has 0 spiro atoms. The second-order valence-electron chi connectivity index (χ2n) is 10.9. The average molecular weight is 438 g/mol. The molecule has 30 heavy (non-hydrogen) atoms. The number of piperidine rings is 1. The molecule has 0 bridgehead atoms. The molecule has 0 radical (unpaired) electrons. The van der Waals surface area contributed by atoms with Gasteiger partial charge in [-0.05, 0) is 112 Å². The maximum Gasteiger partial charge on any atom is 0.391 e. The van der Waals surface area contributed by atoms with Crippen LogP contribution < -0.4 is 0 Å². The van der Waals surface area contributed by atoms with Crippen molar-refractivity contribution in [3.8, 4) is 0 Å². The molecule has 0 aromatic heterocycles. The fourth-order valence-electron chi connectivity index (χ4n) is 4.05. The van der Waals surface area contributed by atoms with E-state index in [4.69, 9.17) is 9.47 Å². The zero-order valence-electron chi connectivity index (χ0n) is 20.2. The molecule has 0 aromatic rings. The molecule has 1 unspecified atom stereocenters. The largest absolute Gasteiger partial charge is 0.391 e. The van der Waals surface area contributed by atoms with Crippen molar-refractivity contribution in [3.05, 3.63) is 0 Å². The fourth-order valence-corrected chi connectivity index (χ4v) is 4.05. The monoisotopic (exact) mass is 437 g/mol. The Bertz CT molecular complexity index is 447. The lowest BCUT2D eigenvalue weighted by Crippen LogP contribution is -2.46. The van der Waals surface area contributed by atoms with E-state index in [9.17, 15) is 13.2 Å². The highest BCUT2D eigenvalue weighted by Gasteiger charge is 2.41. The molecule has 3 nitrogen and oxygen atoms in total. The molecule has 0 amide bonds. The van der Waals surface area contributed by atoms with Crippen LogP contribution in [-0.2, 0) is 9.47 Å². The fraction of sp³-hybridized carbons (Fsp3) is 1.00. The Labute approximate surface area is 183 Å². The summed E-state index contributed by atoms with van der Waals surface area (Å²) >= 11 is 0. The summed E-state index contributed by atoms with van der Waals surface area (Å²) in [5.41, 5.74) is 0.000471. The minimum absolute atomic E-state index is 0.102. The summed E-state index contributed by atoms with van der Waals surface area (Å²) in [6.07, 6.45) is 1.53. The van der Waals surface area contributed by atoms with Gasteiger partial charge in [-0.3, -0.25) is 4.90 Å². The number of nitrogens with zero attached hydrogens (tertiary/aromatic N) is 1. The van der Waals surface area contributed by atoms with Crippen molar-refractivity contribution >= 4 is 0 Å². The molecule has 1 aliphatic rings. The van der Waals surface area contributed by atoms with Crippen LogP contribution >= 0.6 is 0 Å². The Morgan fingerprint density at radius 3 is 1.93 bits per heavy atom. The third-order valence-corrected chi connectivity index (χ3v) is 5.95. The second kappa shape index (κ2) is 12.6. The molecule has 1 rings (SSSR count). The van der Waals surface area contributed by atoms with Crippen LogP contribution in [0.25, 0.3) is 0 Å². The minimum Gasteiger partial charge on any atom is -0.381 e. The lowest BCUT2D eigenvalue weighted by atomic mass is 9.84. The Kier molecular flexibility index (Phi) is 11.7. The summed E-state index contributed by atoms with van der Waals surface area (Å²) in [6, 6.07) is 0. The number of rotatable bonds is 12. The van der Waals surface area contributed by atoms with Gasteiger partial charge in [0.25, 0.3) is 0 Å². The van der Waals surface area contributed by atoms with E-state index in [2.05, 4.69) is 25.7 Å². The molecule has 1 atom stereocenters. The van der Waals surface area contributed by atoms with Gasteiger partial charge in [0, 0.05) is 25.4 Å². The Balaban J connectivity index is 2.18. The first-order valence-corrected chi connectivity index (χ1v) is 11.8. The molecule has 0 aliphatic carbocycles. The van der Waals surface area contributed by atoms with E-state index in [1.807, 2.05) is 20.8 Å². The summed E-state index contributed by atoms with van der Waals surface area (Å²) in [5, 5.41) is 0. The van der Waals surface area contributed by atoms with Gasteiger partial charge in [-0.15, -0.1) is 0 Å². The number of alkyl halides is 3. The summed E-state index contributed by atoms with van der Waals surface area (Å²) < 4.78 is 51.8. The highest BCUT2D eigenvalue weighted by molar-refractivity contribution is 4.83. The van der Waals surface area contributed by atoms with Gasteiger partial charge in [-0.25, -0.2) is 0 Å². The highest BCUT2D eigenvalue weighted by atomic mass is 19.4. The lowest BCUT2D eigenvalue weighted by Gasteiger charge is -2.41. The first kappa shape index (κ1) is 27.7. The van der Waals surface area contributed by atoms with Crippen LogP contribution in [0.3, 0.4) is 0 Å². The molecule has 1 saturated heterocycles. The van der Waals surface area contributed by atoms with Crippen LogP contribution in [0.1, 0.15) is 92.9 Å². The number of hydrogen-bond donors (Lipinski definition) is 0. The number of likely N-dealkylation sites (tertiary alicyclic amines) is 1. The van der Waals surface area contributed by atoms with E-state index < -0.39 is 12.1 Å². The van der Waals surface area contributed by atoms with Crippen LogP contribution in [0.4, 0.5) is 13.2 Å². The molecule has 0 N–H and O–H groups in total. The molecule has 0 aromatic carbocycles. The number of unbranched alkanes of at least 4 members (excludes halogenated alkanes) is 2. The lowest BCUT2D eigenvalue weighted by molar-refractivity contribution is -0.182. The normalized spacial score (nSPS) is 18.7. The smallest absolute Gasteiger partial charge is 0.381 e. The molecule has 1 fully saturated rings. The van der Waals surface area contributed by atoms with Crippen LogP contribution in [0, 0.1) is 11.8 Å². The van der Waals surface area contributed by atoms with Gasteiger partial charge in [0.1, 0.15) is 0 Å². The third kappa shape index (κ3) is 12.5. The summed E-state index contributed by atoms with van der Waals surface area (Å²) in [4.78, 5) is 2.38. The first-order valence-electron chi connectivity index (χ1n) is 11.8. The van der Waals surface area contributed by atoms with Crippen molar-refractivity contribution in [3.63, 3.8) is 0 Å². The maximum atomic E-state index is 13.5. The van der Waals surface area contributed by atoms with E-state index in [0.717, 1.165) is 51.8 Å². The quantitative estimate of drug-likeness (QED) is 0.312. The zero-order chi connectivity index (χ0) is 22.8.